The Morgan fingerprint density at radius 1 is 1.44 bits per heavy atom. The highest BCUT2D eigenvalue weighted by molar-refractivity contribution is 7.78. The summed E-state index contributed by atoms with van der Waals surface area (Å²) in [6.07, 6.45) is -4.67. The summed E-state index contributed by atoms with van der Waals surface area (Å²) in [5, 5.41) is 1.94. The molecule has 0 aliphatic carbocycles. The van der Waals surface area contributed by atoms with Crippen molar-refractivity contribution in [1.82, 2.24) is 0 Å². The summed E-state index contributed by atoms with van der Waals surface area (Å²) in [4.78, 5) is 14.2. The van der Waals surface area contributed by atoms with E-state index in [0.717, 1.165) is 6.07 Å². The summed E-state index contributed by atoms with van der Waals surface area (Å²) >= 11 is 4.27. The fourth-order valence-corrected chi connectivity index (χ4v) is 1.21. The number of primary amides is 1. The summed E-state index contributed by atoms with van der Waals surface area (Å²) in [5.74, 6) is -1.15. The van der Waals surface area contributed by atoms with Crippen molar-refractivity contribution >= 4 is 29.0 Å². The number of hydrogen-bond acceptors (Lipinski definition) is 3. The molecule has 0 unspecified atom stereocenters. The molecule has 0 radical (unpaired) electrons. The average Bonchev–Trinajstić information content (AvgIpc) is 2.16. The van der Waals surface area contributed by atoms with E-state index in [2.05, 4.69) is 17.2 Å². The standard InChI is InChI=1S/C9H5F3N2OS/c10-9(11,12)7-3-5(14-4-16)1-2-6(7)8(13)15/h1-3H,(H2,13,15). The van der Waals surface area contributed by atoms with E-state index in [4.69, 9.17) is 5.73 Å². The number of rotatable bonds is 2. The van der Waals surface area contributed by atoms with Crippen LogP contribution in [0.25, 0.3) is 0 Å². The van der Waals surface area contributed by atoms with Crippen LogP contribution in [-0.4, -0.2) is 11.1 Å². The molecule has 0 saturated carbocycles. The first-order chi connectivity index (χ1) is 7.36. The minimum Gasteiger partial charge on any atom is -0.366 e. The number of amides is 1. The Hall–Kier alpha value is -1.72. The number of alkyl halides is 3. The molecule has 16 heavy (non-hydrogen) atoms. The van der Waals surface area contributed by atoms with Gasteiger partial charge in [0.1, 0.15) is 0 Å². The van der Waals surface area contributed by atoms with Gasteiger partial charge < -0.3 is 5.73 Å². The molecule has 1 amide bonds. The van der Waals surface area contributed by atoms with Gasteiger partial charge in [-0.2, -0.15) is 18.2 Å². The molecule has 0 bridgehead atoms. The van der Waals surface area contributed by atoms with Gasteiger partial charge in [0, 0.05) is 0 Å². The van der Waals surface area contributed by atoms with Gasteiger partial charge in [0.15, 0.2) is 0 Å². The van der Waals surface area contributed by atoms with E-state index in [1.807, 2.05) is 5.16 Å². The monoisotopic (exact) mass is 246 g/mol. The van der Waals surface area contributed by atoms with E-state index in [1.165, 1.54) is 6.07 Å². The second-order valence-electron chi connectivity index (χ2n) is 2.79. The fourth-order valence-electron chi connectivity index (χ4n) is 1.10. The zero-order valence-electron chi connectivity index (χ0n) is 7.71. The second-order valence-corrected chi connectivity index (χ2v) is 2.98. The number of hydrogen-bond donors (Lipinski definition) is 1. The van der Waals surface area contributed by atoms with Crippen LogP contribution in [0.1, 0.15) is 15.9 Å². The Balaban J connectivity index is 3.44. The quantitative estimate of drug-likeness (QED) is 0.644. The van der Waals surface area contributed by atoms with Crippen molar-refractivity contribution in [3.05, 3.63) is 29.3 Å². The first kappa shape index (κ1) is 12.4. The van der Waals surface area contributed by atoms with Gasteiger partial charge in [-0.25, -0.2) is 0 Å². The predicted molar refractivity (Wildman–Crippen MR) is 54.6 cm³/mol. The van der Waals surface area contributed by atoms with E-state index in [-0.39, 0.29) is 5.69 Å². The molecule has 2 N–H and O–H groups in total. The Morgan fingerprint density at radius 2 is 2.06 bits per heavy atom. The van der Waals surface area contributed by atoms with Crippen molar-refractivity contribution in [2.24, 2.45) is 10.7 Å². The molecule has 0 aliphatic heterocycles. The molecule has 7 heteroatoms. The van der Waals surface area contributed by atoms with Crippen LogP contribution >= 0.6 is 12.2 Å². The van der Waals surface area contributed by atoms with E-state index >= 15 is 0 Å². The molecule has 0 saturated heterocycles. The Bertz CT molecular complexity index is 478. The van der Waals surface area contributed by atoms with Gasteiger partial charge in [-0.05, 0) is 30.4 Å². The van der Waals surface area contributed by atoms with Crippen molar-refractivity contribution in [2.75, 3.05) is 0 Å². The van der Waals surface area contributed by atoms with Crippen LogP contribution in [0.5, 0.6) is 0 Å². The Kier molecular flexibility index (Phi) is 3.41. The molecule has 0 atom stereocenters. The zero-order valence-corrected chi connectivity index (χ0v) is 8.52. The smallest absolute Gasteiger partial charge is 0.366 e. The van der Waals surface area contributed by atoms with Crippen molar-refractivity contribution in [3.8, 4) is 0 Å². The summed E-state index contributed by atoms with van der Waals surface area (Å²) in [5.41, 5.74) is 3.06. The van der Waals surface area contributed by atoms with Crippen LogP contribution in [0.4, 0.5) is 18.9 Å². The van der Waals surface area contributed by atoms with E-state index in [0.29, 0.717) is 6.07 Å². The number of carbonyl (C=O) groups excluding carboxylic acids is 1. The molecular formula is C9H5F3N2OS. The molecule has 0 heterocycles. The summed E-state index contributed by atoms with van der Waals surface area (Å²) in [7, 11) is 0. The molecule has 84 valence electrons. The number of halogens is 3. The average molecular weight is 246 g/mol. The van der Waals surface area contributed by atoms with Crippen molar-refractivity contribution in [3.63, 3.8) is 0 Å². The predicted octanol–water partition coefficient (Wildman–Crippen LogP) is 2.54. The lowest BCUT2D eigenvalue weighted by molar-refractivity contribution is -0.137. The maximum atomic E-state index is 12.5. The number of nitrogens with two attached hydrogens (primary N) is 1. The maximum Gasteiger partial charge on any atom is 0.417 e. The molecule has 0 spiro atoms. The van der Waals surface area contributed by atoms with E-state index < -0.39 is 23.2 Å². The van der Waals surface area contributed by atoms with Crippen LogP contribution in [0.2, 0.25) is 0 Å². The number of carbonyl (C=O) groups is 1. The SMILES string of the molecule is NC(=O)c1ccc(N=C=S)cc1C(F)(F)F. The van der Waals surface area contributed by atoms with Crippen molar-refractivity contribution < 1.29 is 18.0 Å². The fraction of sp³-hybridized carbons (Fsp3) is 0.111. The number of benzene rings is 1. The number of isothiocyanates is 1. The molecular weight excluding hydrogens is 241 g/mol. The normalized spacial score (nSPS) is 10.7. The third kappa shape index (κ3) is 2.65. The number of aliphatic imine (C=N–C) groups is 1. The topological polar surface area (TPSA) is 55.5 Å². The lowest BCUT2D eigenvalue weighted by Crippen LogP contribution is -2.18. The minimum atomic E-state index is -4.67. The molecule has 3 nitrogen and oxygen atoms in total. The van der Waals surface area contributed by atoms with Gasteiger partial charge in [0.2, 0.25) is 5.91 Å². The van der Waals surface area contributed by atoms with Crippen molar-refractivity contribution in [1.29, 1.82) is 0 Å². The minimum absolute atomic E-state index is 0.0349. The van der Waals surface area contributed by atoms with Gasteiger partial charge in [0.25, 0.3) is 0 Å². The number of thiocarbonyl (C=S) groups is 1. The lowest BCUT2D eigenvalue weighted by atomic mass is 10.1. The summed E-state index contributed by atoms with van der Waals surface area (Å²) in [6.45, 7) is 0. The van der Waals surface area contributed by atoms with Gasteiger partial charge in [-0.3, -0.25) is 4.79 Å². The number of nitrogens with zero attached hydrogens (tertiary/aromatic N) is 1. The Labute approximate surface area is 93.8 Å². The van der Waals surface area contributed by atoms with Gasteiger partial charge in [-0.15, -0.1) is 0 Å². The lowest BCUT2D eigenvalue weighted by Gasteiger charge is -2.10. The van der Waals surface area contributed by atoms with Crippen LogP contribution in [0.3, 0.4) is 0 Å². The molecule has 0 aliphatic rings. The molecule has 1 rings (SSSR count). The highest BCUT2D eigenvalue weighted by atomic mass is 32.1. The summed E-state index contributed by atoms with van der Waals surface area (Å²) < 4.78 is 37.6. The third-order valence-corrected chi connectivity index (χ3v) is 1.84. The zero-order chi connectivity index (χ0) is 12.3. The van der Waals surface area contributed by atoms with Gasteiger partial charge >= 0.3 is 6.18 Å². The Morgan fingerprint density at radius 3 is 2.50 bits per heavy atom. The molecule has 0 aromatic heterocycles. The van der Waals surface area contributed by atoms with Crippen LogP contribution in [0.15, 0.2) is 23.2 Å². The van der Waals surface area contributed by atoms with Gasteiger partial charge in [0.05, 0.1) is 22.0 Å². The van der Waals surface area contributed by atoms with Crippen LogP contribution < -0.4 is 5.73 Å². The van der Waals surface area contributed by atoms with Crippen LogP contribution in [0, 0.1) is 0 Å². The van der Waals surface area contributed by atoms with Crippen molar-refractivity contribution in [2.45, 2.75) is 6.18 Å². The molecule has 1 aromatic rings. The summed E-state index contributed by atoms with van der Waals surface area (Å²) in [6, 6.07) is 2.85. The van der Waals surface area contributed by atoms with Crippen LogP contribution in [-0.2, 0) is 6.18 Å². The van der Waals surface area contributed by atoms with E-state index in [1.54, 1.807) is 0 Å². The largest absolute Gasteiger partial charge is 0.417 e. The third-order valence-electron chi connectivity index (χ3n) is 1.75. The molecule has 0 fully saturated rings. The highest BCUT2D eigenvalue weighted by Gasteiger charge is 2.35. The first-order valence-corrected chi connectivity index (χ1v) is 4.36. The second kappa shape index (κ2) is 4.42. The maximum absolute atomic E-state index is 12.5. The van der Waals surface area contributed by atoms with Gasteiger partial charge in [-0.1, -0.05) is 0 Å². The molecule has 1 aromatic carbocycles. The highest BCUT2D eigenvalue weighted by Crippen LogP contribution is 2.34. The first-order valence-electron chi connectivity index (χ1n) is 3.95. The van der Waals surface area contributed by atoms with E-state index in [9.17, 15) is 18.0 Å².